The summed E-state index contributed by atoms with van der Waals surface area (Å²) in [6.45, 7) is 0.998. The fourth-order valence-corrected chi connectivity index (χ4v) is 4.45. The first-order valence-corrected chi connectivity index (χ1v) is 11.2. The van der Waals surface area contributed by atoms with Crippen LogP contribution in [-0.4, -0.2) is 28.5 Å². The van der Waals surface area contributed by atoms with E-state index in [0.717, 1.165) is 33.0 Å². The van der Waals surface area contributed by atoms with Crippen LogP contribution in [0.15, 0.2) is 91.0 Å². The maximum absolute atomic E-state index is 13.9. The number of rotatable bonds is 4. The molecule has 0 fully saturated rings. The van der Waals surface area contributed by atoms with Crippen LogP contribution in [0, 0.1) is 0 Å². The highest BCUT2D eigenvalue weighted by Crippen LogP contribution is 2.28. The summed E-state index contributed by atoms with van der Waals surface area (Å²) in [5.74, 6) is -0.617. The van der Waals surface area contributed by atoms with Crippen LogP contribution in [0.2, 0.25) is 0 Å². The van der Waals surface area contributed by atoms with Gasteiger partial charge in [-0.3, -0.25) is 14.8 Å². The lowest BCUT2D eigenvalue weighted by atomic mass is 9.94. The number of carbonyl (C=O) groups is 2. The molecule has 1 aliphatic rings. The van der Waals surface area contributed by atoms with Crippen LogP contribution < -0.4 is 5.48 Å². The maximum atomic E-state index is 13.9. The number of fused-ring (bicyclic) bond motifs is 2. The SMILES string of the molecule is O=C(NO)c1ccc2c(c1)CN(C(=O)/C(=C\c1ccccc1)c1ccc3ccccc3c1)CC2. The van der Waals surface area contributed by atoms with Crippen molar-refractivity contribution in [1.82, 2.24) is 10.4 Å². The molecule has 4 aromatic rings. The van der Waals surface area contributed by atoms with Gasteiger partial charge >= 0.3 is 0 Å². The second kappa shape index (κ2) is 9.33. The lowest BCUT2D eigenvalue weighted by Crippen LogP contribution is -2.36. The molecule has 0 bridgehead atoms. The van der Waals surface area contributed by atoms with E-state index in [2.05, 4.69) is 12.1 Å². The van der Waals surface area contributed by atoms with Gasteiger partial charge in [0.05, 0.1) is 0 Å². The number of amides is 2. The first-order chi connectivity index (χ1) is 16.6. The van der Waals surface area contributed by atoms with Crippen molar-refractivity contribution in [3.05, 3.63) is 119 Å². The average Bonchev–Trinajstić information content (AvgIpc) is 2.90. The first kappa shape index (κ1) is 21.6. The monoisotopic (exact) mass is 448 g/mol. The molecule has 4 aromatic carbocycles. The van der Waals surface area contributed by atoms with Crippen LogP contribution in [0.25, 0.3) is 22.4 Å². The zero-order valence-corrected chi connectivity index (χ0v) is 18.6. The number of nitrogens with one attached hydrogen (secondary N) is 1. The molecule has 0 saturated carbocycles. The van der Waals surface area contributed by atoms with Crippen LogP contribution in [0.3, 0.4) is 0 Å². The molecule has 5 heteroatoms. The molecule has 0 unspecified atom stereocenters. The van der Waals surface area contributed by atoms with Gasteiger partial charge in [-0.25, -0.2) is 5.48 Å². The van der Waals surface area contributed by atoms with Crippen LogP contribution in [-0.2, 0) is 17.8 Å². The Kier molecular flexibility index (Phi) is 5.93. The number of hydrogen-bond acceptors (Lipinski definition) is 3. The summed E-state index contributed by atoms with van der Waals surface area (Å²) in [6, 6.07) is 29.4. The molecule has 0 aliphatic carbocycles. The predicted molar refractivity (Wildman–Crippen MR) is 133 cm³/mol. The summed E-state index contributed by atoms with van der Waals surface area (Å²) in [5.41, 5.74) is 6.52. The first-order valence-electron chi connectivity index (χ1n) is 11.2. The third kappa shape index (κ3) is 4.34. The van der Waals surface area contributed by atoms with Crippen molar-refractivity contribution >= 4 is 34.2 Å². The lowest BCUT2D eigenvalue weighted by molar-refractivity contribution is -0.125. The third-order valence-corrected chi connectivity index (χ3v) is 6.27. The fourth-order valence-electron chi connectivity index (χ4n) is 4.45. The van der Waals surface area contributed by atoms with Gasteiger partial charge in [-0.1, -0.05) is 72.8 Å². The molecule has 1 heterocycles. The molecule has 1 aliphatic heterocycles. The molecule has 0 aromatic heterocycles. The minimum atomic E-state index is -0.563. The zero-order valence-electron chi connectivity index (χ0n) is 18.6. The average molecular weight is 449 g/mol. The van der Waals surface area contributed by atoms with Crippen molar-refractivity contribution in [3.8, 4) is 0 Å². The quantitative estimate of drug-likeness (QED) is 0.198. The van der Waals surface area contributed by atoms with Crippen LogP contribution in [0.1, 0.15) is 32.6 Å². The van der Waals surface area contributed by atoms with E-state index in [0.29, 0.717) is 30.6 Å². The van der Waals surface area contributed by atoms with Crippen molar-refractivity contribution in [2.75, 3.05) is 6.54 Å². The lowest BCUT2D eigenvalue weighted by Gasteiger charge is -2.30. The van der Waals surface area contributed by atoms with Gasteiger partial charge in [0.2, 0.25) is 0 Å². The van der Waals surface area contributed by atoms with Gasteiger partial charge in [0.15, 0.2) is 0 Å². The molecule has 168 valence electrons. The van der Waals surface area contributed by atoms with Crippen molar-refractivity contribution in [3.63, 3.8) is 0 Å². The topological polar surface area (TPSA) is 69.6 Å². The van der Waals surface area contributed by atoms with Crippen molar-refractivity contribution in [2.45, 2.75) is 13.0 Å². The Balaban J connectivity index is 1.52. The highest BCUT2D eigenvalue weighted by molar-refractivity contribution is 6.24. The van der Waals surface area contributed by atoms with Gasteiger partial charge in [-0.15, -0.1) is 0 Å². The van der Waals surface area contributed by atoms with Crippen molar-refractivity contribution in [2.24, 2.45) is 0 Å². The second-order valence-corrected chi connectivity index (χ2v) is 8.43. The van der Waals surface area contributed by atoms with Gasteiger partial charge in [0.1, 0.15) is 0 Å². The Morgan fingerprint density at radius 1 is 0.794 bits per heavy atom. The molecular weight excluding hydrogens is 424 g/mol. The van der Waals surface area contributed by atoms with Gasteiger partial charge in [0.25, 0.3) is 11.8 Å². The van der Waals surface area contributed by atoms with Crippen LogP contribution in [0.4, 0.5) is 0 Å². The highest BCUT2D eigenvalue weighted by atomic mass is 16.5. The third-order valence-electron chi connectivity index (χ3n) is 6.27. The highest BCUT2D eigenvalue weighted by Gasteiger charge is 2.25. The number of hydrogen-bond donors (Lipinski definition) is 2. The number of nitrogens with zero attached hydrogens (tertiary/aromatic N) is 1. The summed E-state index contributed by atoms with van der Waals surface area (Å²) in [5, 5.41) is 11.2. The molecule has 0 atom stereocenters. The van der Waals surface area contributed by atoms with Gasteiger partial charge in [-0.2, -0.15) is 0 Å². The number of hydroxylamine groups is 1. The Morgan fingerprint density at radius 3 is 2.32 bits per heavy atom. The summed E-state index contributed by atoms with van der Waals surface area (Å²) < 4.78 is 0. The Bertz CT molecular complexity index is 1410. The molecule has 5 rings (SSSR count). The second-order valence-electron chi connectivity index (χ2n) is 8.43. The molecule has 2 N–H and O–H groups in total. The van der Waals surface area contributed by atoms with Crippen molar-refractivity contribution < 1.29 is 14.8 Å². The Hall–Kier alpha value is -4.22. The van der Waals surface area contributed by atoms with E-state index in [1.807, 2.05) is 77.7 Å². The van der Waals surface area contributed by atoms with E-state index in [9.17, 15) is 9.59 Å². The minimum Gasteiger partial charge on any atom is -0.334 e. The summed E-state index contributed by atoms with van der Waals surface area (Å²) >= 11 is 0. The zero-order chi connectivity index (χ0) is 23.5. The smallest absolute Gasteiger partial charge is 0.274 e. The van der Waals surface area contributed by atoms with E-state index in [1.165, 1.54) is 0 Å². The van der Waals surface area contributed by atoms with Crippen molar-refractivity contribution in [1.29, 1.82) is 0 Å². The van der Waals surface area contributed by atoms with E-state index in [1.54, 1.807) is 17.6 Å². The van der Waals surface area contributed by atoms with Gasteiger partial charge < -0.3 is 4.90 Å². The summed E-state index contributed by atoms with van der Waals surface area (Å²) in [6.07, 6.45) is 2.65. The van der Waals surface area contributed by atoms with Crippen LogP contribution >= 0.6 is 0 Å². The summed E-state index contributed by atoms with van der Waals surface area (Å²) in [7, 11) is 0. The molecule has 5 nitrogen and oxygen atoms in total. The number of carbonyl (C=O) groups excluding carboxylic acids is 2. The van der Waals surface area contributed by atoms with Crippen LogP contribution in [0.5, 0.6) is 0 Å². The number of benzene rings is 4. The standard InChI is InChI=1S/C29H24N2O3/c32-28(30-34)25-13-11-22-14-15-31(19-26(22)18-25)29(33)27(16-20-6-2-1-3-7-20)24-12-10-21-8-4-5-9-23(21)17-24/h1-13,16-18,34H,14-15,19H2,(H,30,32)/b27-16-. The fraction of sp³-hybridized carbons (Fsp3) is 0.103. The van der Waals surface area contributed by atoms with E-state index < -0.39 is 5.91 Å². The van der Waals surface area contributed by atoms with E-state index >= 15 is 0 Å². The Labute approximate surface area is 197 Å². The molecule has 0 saturated heterocycles. The Morgan fingerprint density at radius 2 is 1.53 bits per heavy atom. The molecule has 0 spiro atoms. The molecule has 2 amide bonds. The summed E-state index contributed by atoms with van der Waals surface area (Å²) in [4.78, 5) is 27.6. The van der Waals surface area contributed by atoms with Gasteiger partial charge in [-0.05, 0) is 63.7 Å². The maximum Gasteiger partial charge on any atom is 0.274 e. The predicted octanol–water partition coefficient (Wildman–Crippen LogP) is 5.08. The normalized spacial score (nSPS) is 13.4. The molecule has 0 radical (unpaired) electrons. The largest absolute Gasteiger partial charge is 0.334 e. The van der Waals surface area contributed by atoms with E-state index in [-0.39, 0.29) is 5.91 Å². The van der Waals surface area contributed by atoms with E-state index in [4.69, 9.17) is 5.21 Å². The van der Waals surface area contributed by atoms with Gasteiger partial charge in [0, 0.05) is 24.2 Å². The molecular formula is C29H24N2O3. The minimum absolute atomic E-state index is 0.0539. The molecule has 34 heavy (non-hydrogen) atoms.